The van der Waals surface area contributed by atoms with E-state index < -0.39 is 0 Å². The molecule has 1 aliphatic heterocycles. The Morgan fingerprint density at radius 2 is 2.88 bits per heavy atom. The number of thioether (sulfide) groups is 1. The van der Waals surface area contributed by atoms with Crippen LogP contribution in [0.15, 0.2) is 9.98 Å². The fraction of sp³-hybridized carbons (Fsp3) is 0.250. The summed E-state index contributed by atoms with van der Waals surface area (Å²) in [6.45, 7) is 0. The van der Waals surface area contributed by atoms with Crippen molar-refractivity contribution in [2.24, 2.45) is 9.98 Å². The highest BCUT2D eigenvalue weighted by molar-refractivity contribution is 8.14. The van der Waals surface area contributed by atoms with Crippen molar-refractivity contribution < 1.29 is 0 Å². The average Bonchev–Trinajstić information content (AvgIpc) is 2.19. The van der Waals surface area contributed by atoms with E-state index in [9.17, 15) is 0 Å². The monoisotopic (exact) mass is 125 g/mol. The zero-order valence-electron chi connectivity index (χ0n) is 4.03. The third-order valence-electron chi connectivity index (χ3n) is 0.634. The molecule has 0 aromatic rings. The highest BCUT2D eigenvalue weighted by Crippen LogP contribution is 2.08. The van der Waals surface area contributed by atoms with Crippen molar-refractivity contribution in [2.75, 3.05) is 5.75 Å². The molecular formula is C4H3N3S. The molecule has 4 heteroatoms. The quantitative estimate of drug-likeness (QED) is 0.446. The molecular weight excluding hydrogens is 122 g/mol. The molecule has 0 atom stereocenters. The Hall–Kier alpha value is -0.820. The number of amidine groups is 1. The van der Waals surface area contributed by atoms with Gasteiger partial charge in [-0.2, -0.15) is 5.26 Å². The zero-order chi connectivity index (χ0) is 5.82. The number of rotatable bonds is 0. The SMILES string of the molecule is N#CN=C1N=CCS1. The van der Waals surface area contributed by atoms with Gasteiger partial charge in [-0.15, -0.1) is 4.99 Å². The van der Waals surface area contributed by atoms with Crippen LogP contribution in [0.5, 0.6) is 0 Å². The summed E-state index contributed by atoms with van der Waals surface area (Å²) in [6, 6.07) is 0. The van der Waals surface area contributed by atoms with Crippen LogP contribution >= 0.6 is 11.8 Å². The summed E-state index contributed by atoms with van der Waals surface area (Å²) in [5.41, 5.74) is 0. The summed E-state index contributed by atoms with van der Waals surface area (Å²) in [5, 5.41) is 8.58. The van der Waals surface area contributed by atoms with E-state index in [2.05, 4.69) is 9.98 Å². The lowest BCUT2D eigenvalue weighted by atomic mass is 10.9. The van der Waals surface area contributed by atoms with E-state index >= 15 is 0 Å². The van der Waals surface area contributed by atoms with E-state index in [1.165, 1.54) is 11.8 Å². The van der Waals surface area contributed by atoms with Gasteiger partial charge < -0.3 is 0 Å². The number of nitriles is 1. The maximum atomic E-state index is 8.00. The third kappa shape index (κ3) is 1.07. The van der Waals surface area contributed by atoms with Crippen molar-refractivity contribution in [3.05, 3.63) is 0 Å². The van der Waals surface area contributed by atoms with Gasteiger partial charge in [-0.1, -0.05) is 11.8 Å². The second-order valence-electron chi connectivity index (χ2n) is 1.12. The molecule has 40 valence electrons. The standard InChI is InChI=1S/C4H3N3S/c5-3-7-4-6-1-2-8-4/h1H,2H2. The molecule has 0 saturated heterocycles. The highest BCUT2D eigenvalue weighted by atomic mass is 32.2. The first-order valence-electron chi connectivity index (χ1n) is 2.05. The predicted molar refractivity (Wildman–Crippen MR) is 34.0 cm³/mol. The van der Waals surface area contributed by atoms with Crippen LogP contribution in [0.2, 0.25) is 0 Å². The zero-order valence-corrected chi connectivity index (χ0v) is 4.85. The van der Waals surface area contributed by atoms with Crippen LogP contribution in [-0.4, -0.2) is 17.1 Å². The van der Waals surface area contributed by atoms with Crippen LogP contribution in [0.3, 0.4) is 0 Å². The predicted octanol–water partition coefficient (Wildman–Crippen LogP) is 0.641. The maximum Gasteiger partial charge on any atom is 0.208 e. The van der Waals surface area contributed by atoms with Gasteiger partial charge in [0.15, 0.2) is 5.17 Å². The molecule has 8 heavy (non-hydrogen) atoms. The van der Waals surface area contributed by atoms with Crippen LogP contribution in [0.4, 0.5) is 0 Å². The minimum Gasteiger partial charge on any atom is -0.234 e. The largest absolute Gasteiger partial charge is 0.234 e. The molecule has 1 rings (SSSR count). The number of nitrogens with zero attached hydrogens (tertiary/aromatic N) is 3. The number of hydrogen-bond acceptors (Lipinski definition) is 3. The first kappa shape index (κ1) is 5.32. The second-order valence-corrected chi connectivity index (χ2v) is 2.10. The van der Waals surface area contributed by atoms with Crippen LogP contribution in [0.1, 0.15) is 0 Å². The van der Waals surface area contributed by atoms with Gasteiger partial charge in [0, 0.05) is 12.0 Å². The Kier molecular flexibility index (Phi) is 1.65. The molecule has 0 unspecified atom stereocenters. The van der Waals surface area contributed by atoms with Crippen molar-refractivity contribution >= 4 is 23.1 Å². The molecule has 0 aliphatic carbocycles. The van der Waals surface area contributed by atoms with E-state index in [-0.39, 0.29) is 0 Å². The van der Waals surface area contributed by atoms with Crippen molar-refractivity contribution in [1.29, 1.82) is 5.26 Å². The maximum absolute atomic E-state index is 8.00. The molecule has 1 aliphatic rings. The van der Waals surface area contributed by atoms with Gasteiger partial charge in [0.25, 0.3) is 0 Å². The molecule has 0 fully saturated rings. The summed E-state index contributed by atoms with van der Waals surface area (Å²) in [6.07, 6.45) is 3.40. The van der Waals surface area contributed by atoms with E-state index in [4.69, 9.17) is 5.26 Å². The topological polar surface area (TPSA) is 48.5 Å². The third-order valence-corrected chi connectivity index (χ3v) is 1.40. The number of aliphatic imine (C=N–C) groups is 2. The van der Waals surface area contributed by atoms with Gasteiger partial charge in [0.05, 0.1) is 0 Å². The minimum absolute atomic E-state index is 0.576. The van der Waals surface area contributed by atoms with Gasteiger partial charge >= 0.3 is 0 Å². The molecule has 0 radical (unpaired) electrons. The Bertz CT molecular complexity index is 176. The van der Waals surface area contributed by atoms with Crippen LogP contribution < -0.4 is 0 Å². The molecule has 0 bridgehead atoms. The summed E-state index contributed by atoms with van der Waals surface area (Å²) in [7, 11) is 0. The van der Waals surface area contributed by atoms with Gasteiger partial charge in [-0.3, -0.25) is 0 Å². The summed E-state index contributed by atoms with van der Waals surface area (Å²) >= 11 is 1.47. The van der Waals surface area contributed by atoms with E-state index in [1.807, 2.05) is 0 Å². The first-order chi connectivity index (χ1) is 3.93. The normalized spacial score (nSPS) is 21.6. The van der Waals surface area contributed by atoms with Crippen LogP contribution in [0.25, 0.3) is 0 Å². The van der Waals surface area contributed by atoms with Crippen molar-refractivity contribution in [3.8, 4) is 6.19 Å². The van der Waals surface area contributed by atoms with Gasteiger partial charge in [-0.25, -0.2) is 4.99 Å². The van der Waals surface area contributed by atoms with E-state index in [0.29, 0.717) is 5.17 Å². The minimum atomic E-state index is 0.576. The van der Waals surface area contributed by atoms with E-state index in [0.717, 1.165) is 5.75 Å². The van der Waals surface area contributed by atoms with Gasteiger partial charge in [0.2, 0.25) is 6.19 Å². The molecule has 0 aromatic carbocycles. The van der Waals surface area contributed by atoms with Crippen molar-refractivity contribution in [3.63, 3.8) is 0 Å². The molecule has 3 nitrogen and oxygen atoms in total. The Balaban J connectivity index is 2.63. The molecule has 0 amide bonds. The lowest BCUT2D eigenvalue weighted by molar-refractivity contribution is 1.44. The summed E-state index contributed by atoms with van der Waals surface area (Å²) in [5.74, 6) is 0.848. The summed E-state index contributed by atoms with van der Waals surface area (Å²) < 4.78 is 0. The Labute approximate surface area is 51.1 Å². The van der Waals surface area contributed by atoms with Gasteiger partial charge in [-0.05, 0) is 0 Å². The number of hydrogen-bond donors (Lipinski definition) is 0. The Morgan fingerprint density at radius 1 is 2.00 bits per heavy atom. The fourth-order valence-corrected chi connectivity index (χ4v) is 0.921. The molecule has 0 spiro atoms. The fourth-order valence-electron chi connectivity index (χ4n) is 0.368. The molecule has 1 heterocycles. The molecule has 0 saturated carbocycles. The summed E-state index contributed by atoms with van der Waals surface area (Å²) in [4.78, 5) is 7.20. The molecule has 0 N–H and O–H groups in total. The second kappa shape index (κ2) is 2.48. The van der Waals surface area contributed by atoms with Crippen molar-refractivity contribution in [2.45, 2.75) is 0 Å². The lowest BCUT2D eigenvalue weighted by Gasteiger charge is -1.78. The average molecular weight is 125 g/mol. The highest BCUT2D eigenvalue weighted by Gasteiger charge is 2.00. The Morgan fingerprint density at radius 3 is 3.38 bits per heavy atom. The first-order valence-corrected chi connectivity index (χ1v) is 3.04. The van der Waals surface area contributed by atoms with E-state index in [1.54, 1.807) is 12.4 Å². The smallest absolute Gasteiger partial charge is 0.208 e. The van der Waals surface area contributed by atoms with Crippen LogP contribution in [-0.2, 0) is 0 Å². The van der Waals surface area contributed by atoms with Crippen LogP contribution in [0, 0.1) is 11.5 Å². The molecule has 0 aromatic heterocycles. The van der Waals surface area contributed by atoms with Gasteiger partial charge in [0.1, 0.15) is 0 Å². The van der Waals surface area contributed by atoms with Crippen molar-refractivity contribution in [1.82, 2.24) is 0 Å². The lowest BCUT2D eigenvalue weighted by Crippen LogP contribution is -1.75.